The number of rotatable bonds is 1. The summed E-state index contributed by atoms with van der Waals surface area (Å²) in [5.74, 6) is -0.143. The number of hydrogen-bond acceptors (Lipinski definition) is 3. The molecular weight excluding hydrogens is 187 g/mol. The number of aryl methyl sites for hydroxylation is 1. The maximum atomic E-state index is 12.0. The Balaban J connectivity index is 3.01. The number of anilines is 1. The highest BCUT2D eigenvalue weighted by Gasteiger charge is 2.41. The molecule has 13 heavy (non-hydrogen) atoms. The summed E-state index contributed by atoms with van der Waals surface area (Å²) in [5.41, 5.74) is 4.75. The van der Waals surface area contributed by atoms with Gasteiger partial charge in [0.1, 0.15) is 5.69 Å². The fourth-order valence-corrected chi connectivity index (χ4v) is 0.919. The number of nitrogens with zero attached hydrogens (tertiary/aromatic N) is 1. The molecule has 0 saturated heterocycles. The number of hydrogen-bond donors (Lipinski definition) is 3. The first kappa shape index (κ1) is 9.85. The molecule has 74 valence electrons. The van der Waals surface area contributed by atoms with Gasteiger partial charge < -0.3 is 15.8 Å². The standard InChI is InChI=1S/C6H8F3N3O/c1-2-3(12-5(10)11-2)4(13)6(7,8)9/h4,13H,1H3,(H3,10,11,12)/t4-/m1/s1. The lowest BCUT2D eigenvalue weighted by molar-refractivity contribution is -0.208. The minimum Gasteiger partial charge on any atom is -0.378 e. The molecule has 1 aromatic rings. The number of nitrogens with one attached hydrogen (secondary N) is 1. The van der Waals surface area contributed by atoms with E-state index in [2.05, 4.69) is 9.97 Å². The molecule has 1 aromatic heterocycles. The summed E-state index contributed by atoms with van der Waals surface area (Å²) in [7, 11) is 0. The molecule has 0 aliphatic rings. The Morgan fingerprint density at radius 3 is 2.38 bits per heavy atom. The first-order valence-corrected chi connectivity index (χ1v) is 3.39. The van der Waals surface area contributed by atoms with Gasteiger partial charge in [0.2, 0.25) is 0 Å². The number of imidazole rings is 1. The van der Waals surface area contributed by atoms with E-state index >= 15 is 0 Å². The smallest absolute Gasteiger partial charge is 0.378 e. The second kappa shape index (κ2) is 2.91. The summed E-state index contributed by atoms with van der Waals surface area (Å²) in [6, 6.07) is 0. The molecule has 0 saturated carbocycles. The number of aliphatic hydroxyl groups excluding tert-OH is 1. The van der Waals surface area contributed by atoms with Crippen LogP contribution in [-0.2, 0) is 0 Å². The van der Waals surface area contributed by atoms with Crippen LogP contribution >= 0.6 is 0 Å². The van der Waals surface area contributed by atoms with E-state index in [4.69, 9.17) is 10.8 Å². The number of nitrogens with two attached hydrogens (primary N) is 1. The van der Waals surface area contributed by atoms with Crippen molar-refractivity contribution in [2.24, 2.45) is 0 Å². The summed E-state index contributed by atoms with van der Waals surface area (Å²) >= 11 is 0. The molecular formula is C6H8F3N3O. The van der Waals surface area contributed by atoms with Crippen molar-refractivity contribution in [3.63, 3.8) is 0 Å². The molecule has 4 N–H and O–H groups in total. The number of alkyl halides is 3. The average molecular weight is 195 g/mol. The number of aliphatic hydroxyl groups is 1. The highest BCUT2D eigenvalue weighted by molar-refractivity contribution is 5.27. The molecule has 0 aromatic carbocycles. The molecule has 1 heterocycles. The normalized spacial score (nSPS) is 14.5. The molecule has 7 heteroatoms. The van der Waals surface area contributed by atoms with Crippen LogP contribution in [0.25, 0.3) is 0 Å². The molecule has 0 spiro atoms. The Morgan fingerprint density at radius 2 is 2.08 bits per heavy atom. The van der Waals surface area contributed by atoms with Crippen LogP contribution < -0.4 is 5.73 Å². The van der Waals surface area contributed by atoms with Crippen LogP contribution in [0.2, 0.25) is 0 Å². The van der Waals surface area contributed by atoms with Gasteiger partial charge in [-0.3, -0.25) is 0 Å². The van der Waals surface area contributed by atoms with Gasteiger partial charge in [-0.15, -0.1) is 0 Å². The zero-order chi connectivity index (χ0) is 10.2. The zero-order valence-corrected chi connectivity index (χ0v) is 6.68. The largest absolute Gasteiger partial charge is 0.420 e. The van der Waals surface area contributed by atoms with Crippen molar-refractivity contribution in [1.29, 1.82) is 0 Å². The predicted molar refractivity (Wildman–Crippen MR) is 38.8 cm³/mol. The van der Waals surface area contributed by atoms with E-state index in [0.717, 1.165) is 0 Å². The van der Waals surface area contributed by atoms with Crippen LogP contribution in [-0.4, -0.2) is 21.3 Å². The van der Waals surface area contributed by atoms with Gasteiger partial charge in [-0.1, -0.05) is 0 Å². The van der Waals surface area contributed by atoms with E-state index < -0.39 is 18.0 Å². The Labute approximate surface area is 71.6 Å². The first-order chi connectivity index (χ1) is 5.82. The Morgan fingerprint density at radius 1 is 1.54 bits per heavy atom. The van der Waals surface area contributed by atoms with E-state index in [1.54, 1.807) is 0 Å². The third-order valence-electron chi connectivity index (χ3n) is 1.51. The van der Waals surface area contributed by atoms with Crippen molar-refractivity contribution in [2.75, 3.05) is 5.73 Å². The van der Waals surface area contributed by atoms with Gasteiger partial charge in [0.05, 0.1) is 0 Å². The molecule has 4 nitrogen and oxygen atoms in total. The van der Waals surface area contributed by atoms with Crippen molar-refractivity contribution >= 4 is 5.95 Å². The number of aromatic nitrogens is 2. The fourth-order valence-electron chi connectivity index (χ4n) is 0.919. The van der Waals surface area contributed by atoms with Gasteiger partial charge >= 0.3 is 6.18 Å². The van der Waals surface area contributed by atoms with Crippen LogP contribution in [0.4, 0.5) is 19.1 Å². The maximum absolute atomic E-state index is 12.0. The third-order valence-corrected chi connectivity index (χ3v) is 1.51. The molecule has 0 amide bonds. The molecule has 1 atom stereocenters. The zero-order valence-electron chi connectivity index (χ0n) is 6.68. The summed E-state index contributed by atoms with van der Waals surface area (Å²) in [5, 5.41) is 8.79. The summed E-state index contributed by atoms with van der Waals surface area (Å²) in [6.07, 6.45) is -7.30. The lowest BCUT2D eigenvalue weighted by Crippen LogP contribution is -2.21. The van der Waals surface area contributed by atoms with Gasteiger partial charge in [-0.25, -0.2) is 4.98 Å². The highest BCUT2D eigenvalue weighted by Crippen LogP contribution is 2.32. The molecule has 0 radical (unpaired) electrons. The average Bonchev–Trinajstić information content (AvgIpc) is 2.26. The van der Waals surface area contributed by atoms with E-state index in [9.17, 15) is 13.2 Å². The second-order valence-corrected chi connectivity index (χ2v) is 2.58. The summed E-state index contributed by atoms with van der Waals surface area (Å²) in [6.45, 7) is 1.35. The number of H-pyrrole nitrogens is 1. The van der Waals surface area contributed by atoms with Gasteiger partial charge in [0.15, 0.2) is 12.1 Å². The number of nitrogen functional groups attached to an aromatic ring is 1. The Bertz CT molecular complexity index is 307. The summed E-state index contributed by atoms with van der Waals surface area (Å²) in [4.78, 5) is 5.70. The predicted octanol–water partition coefficient (Wildman–Crippen LogP) is 0.896. The van der Waals surface area contributed by atoms with E-state index in [1.165, 1.54) is 6.92 Å². The lowest BCUT2D eigenvalue weighted by atomic mass is 10.2. The van der Waals surface area contributed by atoms with Crippen LogP contribution in [0.15, 0.2) is 0 Å². The van der Waals surface area contributed by atoms with Gasteiger partial charge in [-0.2, -0.15) is 13.2 Å². The Kier molecular flexibility index (Phi) is 2.21. The molecule has 0 bridgehead atoms. The summed E-state index contributed by atoms with van der Waals surface area (Å²) < 4.78 is 35.9. The minimum absolute atomic E-state index is 0.113. The van der Waals surface area contributed by atoms with Gasteiger partial charge in [0, 0.05) is 5.69 Å². The van der Waals surface area contributed by atoms with Crippen molar-refractivity contribution < 1.29 is 18.3 Å². The van der Waals surface area contributed by atoms with Crippen molar-refractivity contribution in [3.8, 4) is 0 Å². The van der Waals surface area contributed by atoms with Crippen molar-refractivity contribution in [2.45, 2.75) is 19.2 Å². The highest BCUT2D eigenvalue weighted by atomic mass is 19.4. The molecule has 0 unspecified atom stereocenters. The lowest BCUT2D eigenvalue weighted by Gasteiger charge is -2.12. The SMILES string of the molecule is Cc1[nH]c(N)nc1[C@@H](O)C(F)(F)F. The van der Waals surface area contributed by atoms with E-state index in [1.807, 2.05) is 0 Å². The maximum Gasteiger partial charge on any atom is 0.420 e. The second-order valence-electron chi connectivity index (χ2n) is 2.58. The number of aromatic amines is 1. The Hall–Kier alpha value is -1.24. The van der Waals surface area contributed by atoms with Crippen LogP contribution in [0.3, 0.4) is 0 Å². The number of halogens is 3. The van der Waals surface area contributed by atoms with Gasteiger partial charge in [0.25, 0.3) is 0 Å². The van der Waals surface area contributed by atoms with Crippen LogP contribution in [0.5, 0.6) is 0 Å². The van der Waals surface area contributed by atoms with E-state index in [0.29, 0.717) is 0 Å². The van der Waals surface area contributed by atoms with Crippen LogP contribution in [0, 0.1) is 6.92 Å². The quantitative estimate of drug-likeness (QED) is 0.623. The van der Waals surface area contributed by atoms with Crippen molar-refractivity contribution in [3.05, 3.63) is 11.4 Å². The molecule has 1 rings (SSSR count). The van der Waals surface area contributed by atoms with E-state index in [-0.39, 0.29) is 11.6 Å². The third kappa shape index (κ3) is 1.92. The van der Waals surface area contributed by atoms with Crippen molar-refractivity contribution in [1.82, 2.24) is 9.97 Å². The topological polar surface area (TPSA) is 74.9 Å². The molecule has 0 fully saturated rings. The first-order valence-electron chi connectivity index (χ1n) is 3.39. The minimum atomic E-state index is -4.72. The molecule has 0 aliphatic carbocycles. The fraction of sp³-hybridized carbons (Fsp3) is 0.500. The molecule has 0 aliphatic heterocycles. The van der Waals surface area contributed by atoms with Gasteiger partial charge in [-0.05, 0) is 6.92 Å². The monoisotopic (exact) mass is 195 g/mol. The van der Waals surface area contributed by atoms with Crippen LogP contribution in [0.1, 0.15) is 17.5 Å².